The Hall–Kier alpha value is 1.97. The molecule has 0 spiro atoms. The van der Waals surface area contributed by atoms with Crippen molar-refractivity contribution in [3.8, 4) is 0 Å². The molecule has 6 atom stereocenters. The van der Waals surface area contributed by atoms with Crippen LogP contribution >= 0.6 is 23.5 Å². The van der Waals surface area contributed by atoms with E-state index >= 15 is 0 Å². The Morgan fingerprint density at radius 1 is 1.00 bits per heavy atom. The van der Waals surface area contributed by atoms with Crippen LogP contribution in [0.4, 0.5) is 0 Å². The van der Waals surface area contributed by atoms with Gasteiger partial charge in [0.15, 0.2) is 0 Å². The first-order chi connectivity index (χ1) is 13.5. The second-order valence-corrected chi connectivity index (χ2v) is 10.3. The number of hydrogen-bond donors (Lipinski definition) is 7. The average Bonchev–Trinajstić information content (AvgIpc) is 2.81. The van der Waals surface area contributed by atoms with Crippen LogP contribution in [-0.2, 0) is 38.6 Å². The Morgan fingerprint density at radius 2 is 1.55 bits per heavy atom. The van der Waals surface area contributed by atoms with Gasteiger partial charge in [-0.05, 0) is 0 Å². The van der Waals surface area contributed by atoms with Crippen molar-refractivity contribution in [3.05, 3.63) is 32.6 Å². The minimum absolute atomic E-state index is 0. The topological polar surface area (TPSA) is 264 Å². The minimum atomic E-state index is -5.73. The first kappa shape index (κ1) is 37.1. The Balaban J connectivity index is 0. The monoisotopic (exact) mass is 567 g/mol. The van der Waals surface area contributed by atoms with E-state index in [1.165, 1.54) is 7.05 Å². The molecule has 2 heterocycles. The average molecular weight is 567 g/mol. The van der Waals surface area contributed by atoms with Crippen LogP contribution in [0.15, 0.2) is 15.8 Å². The van der Waals surface area contributed by atoms with Gasteiger partial charge in [-0.25, -0.2) is 18.5 Å². The standard InChI is InChI=1S/C10H17N2O15P3.3Na/c1-12-2-4(9(15)11-10(12)16)8-7(14)6(13)5(25-8)3-24-29(20,21)27-30(22,23)26-28(17,18)19;;;/h2,5-8,13-14H,3H2,1H3,(H,20,21)(H,22,23)(H,11,15,16)(H2,17,18,19);;;/t5-,6-,7-,8+;;;/m1.../s1. The van der Waals surface area contributed by atoms with Gasteiger partial charge in [0.2, 0.25) is 0 Å². The van der Waals surface area contributed by atoms with Gasteiger partial charge in [0.25, 0.3) is 5.56 Å². The van der Waals surface area contributed by atoms with Gasteiger partial charge in [-0.3, -0.25) is 14.3 Å². The summed E-state index contributed by atoms with van der Waals surface area (Å²) in [4.78, 5) is 60.6. The maximum Gasteiger partial charge on any atom is 0.490 e. The zero-order chi connectivity index (χ0) is 23.1. The van der Waals surface area contributed by atoms with Crippen LogP contribution in [0.1, 0.15) is 11.7 Å². The molecule has 1 aromatic heterocycles. The van der Waals surface area contributed by atoms with Gasteiger partial charge in [0.1, 0.15) is 24.4 Å². The molecule has 1 aromatic rings. The molecule has 0 amide bonds. The molecule has 1 fully saturated rings. The number of aromatic nitrogens is 2. The van der Waals surface area contributed by atoms with Crippen molar-refractivity contribution in [2.75, 3.05) is 6.61 Å². The summed E-state index contributed by atoms with van der Waals surface area (Å²) in [5.41, 5.74) is -1.95. The van der Waals surface area contributed by atoms with Crippen molar-refractivity contribution in [2.24, 2.45) is 7.05 Å². The predicted molar refractivity (Wildman–Crippen MR) is 109 cm³/mol. The van der Waals surface area contributed by atoms with Crippen LogP contribution in [0.2, 0.25) is 0 Å². The third kappa shape index (κ3) is 11.1. The number of nitrogens with one attached hydrogen (secondary N) is 1. The summed E-state index contributed by atoms with van der Waals surface area (Å²) >= 11 is 0. The Morgan fingerprint density at radius 3 is 2.06 bits per heavy atom. The summed E-state index contributed by atoms with van der Waals surface area (Å²) in [6, 6.07) is 0. The van der Waals surface area contributed by atoms with Gasteiger partial charge < -0.3 is 39.1 Å². The molecular weight excluding hydrogens is 550 g/mol. The van der Waals surface area contributed by atoms with Crippen LogP contribution < -0.4 is 11.2 Å². The van der Waals surface area contributed by atoms with E-state index in [1.807, 2.05) is 4.98 Å². The molecule has 1 aliphatic rings. The fraction of sp³-hybridized carbons (Fsp3) is 0.600. The van der Waals surface area contributed by atoms with Crippen molar-refractivity contribution in [3.63, 3.8) is 0 Å². The number of nitrogens with zero attached hydrogens (tertiary/aromatic N) is 1. The van der Waals surface area contributed by atoms with E-state index in [0.717, 1.165) is 10.8 Å². The molecule has 0 saturated carbocycles. The predicted octanol–water partition coefficient (Wildman–Crippen LogP) is -3.56. The molecule has 17 nitrogen and oxygen atoms in total. The Kier molecular flexibility index (Phi) is 16.0. The molecule has 1 aliphatic heterocycles. The van der Waals surface area contributed by atoms with Crippen molar-refractivity contribution in [1.29, 1.82) is 0 Å². The molecule has 33 heavy (non-hydrogen) atoms. The summed E-state index contributed by atoms with van der Waals surface area (Å²) in [5, 5.41) is 20.1. The number of hydrogen-bond acceptors (Lipinski definition) is 11. The zero-order valence-electron chi connectivity index (χ0n) is 17.7. The van der Waals surface area contributed by atoms with Gasteiger partial charge in [-0.1, -0.05) is 0 Å². The van der Waals surface area contributed by atoms with Gasteiger partial charge in [-0.2, -0.15) is 8.62 Å². The number of aryl methyl sites for hydroxylation is 1. The molecule has 3 radical (unpaired) electrons. The number of phosphoric ester groups is 1. The first-order valence-electron chi connectivity index (χ1n) is 7.61. The molecule has 7 N–H and O–H groups in total. The molecular formula is C10H17N2Na3O15P3. The number of rotatable bonds is 8. The van der Waals surface area contributed by atoms with Crippen LogP contribution in [0.25, 0.3) is 0 Å². The van der Waals surface area contributed by atoms with Gasteiger partial charge in [-0.15, -0.1) is 0 Å². The quantitative estimate of drug-likeness (QED) is 0.118. The van der Waals surface area contributed by atoms with Crippen molar-refractivity contribution in [2.45, 2.75) is 24.4 Å². The minimum Gasteiger partial charge on any atom is -0.387 e. The summed E-state index contributed by atoms with van der Waals surface area (Å²) < 4.78 is 51.1. The molecule has 23 heteroatoms. The smallest absolute Gasteiger partial charge is 0.387 e. The van der Waals surface area contributed by atoms with Gasteiger partial charge in [0, 0.05) is 102 Å². The number of ether oxygens (including phenoxy) is 1. The molecule has 0 bridgehead atoms. The number of aromatic amines is 1. The molecule has 0 aliphatic carbocycles. The van der Waals surface area contributed by atoms with E-state index in [9.17, 15) is 38.4 Å². The molecule has 2 rings (SSSR count). The van der Waals surface area contributed by atoms with E-state index in [-0.39, 0.29) is 94.2 Å². The van der Waals surface area contributed by atoms with Crippen LogP contribution in [-0.4, -0.2) is 153 Å². The maximum absolute atomic E-state index is 11.9. The van der Waals surface area contributed by atoms with Gasteiger partial charge in [0.05, 0.1) is 12.2 Å². The van der Waals surface area contributed by atoms with Crippen molar-refractivity contribution >= 4 is 112 Å². The van der Waals surface area contributed by atoms with Crippen LogP contribution in [0, 0.1) is 0 Å². The van der Waals surface area contributed by atoms with E-state index in [2.05, 4.69) is 13.1 Å². The number of aliphatic hydroxyl groups excluding tert-OH is 2. The van der Waals surface area contributed by atoms with Crippen molar-refractivity contribution < 1.29 is 61.4 Å². The second kappa shape index (κ2) is 14.2. The number of H-pyrrole nitrogens is 1. The number of aliphatic hydroxyl groups is 2. The third-order valence-electron chi connectivity index (χ3n) is 3.62. The first-order valence-corrected chi connectivity index (χ1v) is 12.1. The van der Waals surface area contributed by atoms with Crippen LogP contribution in [0.5, 0.6) is 0 Å². The number of phosphoric acid groups is 3. The third-order valence-corrected chi connectivity index (χ3v) is 7.43. The summed E-state index contributed by atoms with van der Waals surface area (Å²) in [6.45, 7) is -1.04. The van der Waals surface area contributed by atoms with E-state index in [0.29, 0.717) is 0 Å². The maximum atomic E-state index is 11.9. The normalized spacial score (nSPS) is 26.2. The largest absolute Gasteiger partial charge is 0.490 e. The fourth-order valence-corrected chi connectivity index (χ4v) is 5.43. The molecule has 0 aromatic carbocycles. The SMILES string of the molecule is Cn1cc([C@@H]2O[C@H](COP(=O)(O)OP(=O)(O)OP(=O)(O)O)[C@@H](O)[C@H]2O)c(=O)[nH]c1=O.[Na].[Na].[Na]. The van der Waals surface area contributed by atoms with Crippen molar-refractivity contribution in [1.82, 2.24) is 9.55 Å². The summed E-state index contributed by atoms with van der Waals surface area (Å²) in [6.07, 6.45) is -5.53. The van der Waals surface area contributed by atoms with Crippen LogP contribution in [0.3, 0.4) is 0 Å². The Bertz CT molecular complexity index is 1060. The summed E-state index contributed by atoms with van der Waals surface area (Å²) in [5.74, 6) is 0. The fourth-order valence-electron chi connectivity index (χ4n) is 2.40. The second-order valence-electron chi connectivity index (χ2n) is 5.92. The van der Waals surface area contributed by atoms with E-state index < -0.39 is 65.7 Å². The van der Waals surface area contributed by atoms with Gasteiger partial charge >= 0.3 is 29.2 Å². The Labute approximate surface area is 251 Å². The summed E-state index contributed by atoms with van der Waals surface area (Å²) in [7, 11) is -15.5. The zero-order valence-corrected chi connectivity index (χ0v) is 26.4. The van der Waals surface area contributed by atoms with E-state index in [4.69, 9.17) is 19.4 Å². The molecule has 175 valence electrons. The van der Waals surface area contributed by atoms with E-state index in [1.54, 1.807) is 0 Å². The molecule has 1 saturated heterocycles. The molecule has 2 unspecified atom stereocenters.